The monoisotopic (exact) mass is 447 g/mol. The molecule has 0 radical (unpaired) electrons. The second-order valence-corrected chi connectivity index (χ2v) is 12.0. The third kappa shape index (κ3) is 4.40. The fourth-order valence-corrected chi connectivity index (χ4v) is 6.45. The highest BCUT2D eigenvalue weighted by Gasteiger charge is 2.26. The number of thiophene rings is 1. The number of hydrogen-bond donors (Lipinski definition) is 4. The van der Waals surface area contributed by atoms with E-state index in [0.29, 0.717) is 10.8 Å². The Kier molecular flexibility index (Phi) is 5.67. The number of fused-ring (bicyclic) bond motifs is 1. The smallest absolute Gasteiger partial charge is 0.331 e. The van der Waals surface area contributed by atoms with Gasteiger partial charge in [-0.25, -0.2) is 18.5 Å². The first-order valence-electron chi connectivity index (χ1n) is 10.5. The van der Waals surface area contributed by atoms with E-state index in [0.717, 1.165) is 48.3 Å². The molecule has 1 heterocycles. The van der Waals surface area contributed by atoms with Crippen LogP contribution in [-0.2, 0) is 34.8 Å². The first-order chi connectivity index (χ1) is 14.1. The second-order valence-electron chi connectivity index (χ2n) is 8.88. The predicted octanol–water partition coefficient (Wildman–Crippen LogP) is 4.95. The third-order valence-corrected chi connectivity index (χ3v) is 9.37. The molecule has 0 aliphatic heterocycles. The lowest BCUT2D eigenvalue weighted by molar-refractivity contribution is 0.0825. The minimum atomic E-state index is -3.52. The number of benzene rings is 1. The fourth-order valence-electron chi connectivity index (χ4n) is 4.17. The number of hydrogen-bond acceptors (Lipinski definition) is 5. The number of amides is 2. The zero-order valence-electron chi connectivity index (χ0n) is 17.4. The van der Waals surface area contributed by atoms with E-state index in [4.69, 9.17) is 4.78 Å². The van der Waals surface area contributed by atoms with E-state index >= 15 is 0 Å². The van der Waals surface area contributed by atoms with Gasteiger partial charge in [-0.3, -0.25) is 0 Å². The molecular formula is C22H29N3O3S2. The molecule has 1 atom stereocenters. The number of nitrogens with one attached hydrogen (secondary N) is 3. The number of rotatable bonds is 6. The average Bonchev–Trinajstić information content (AvgIpc) is 3.28. The summed E-state index contributed by atoms with van der Waals surface area (Å²) < 4.78 is 23.7. The first kappa shape index (κ1) is 21.3. The lowest BCUT2D eigenvalue weighted by atomic mass is 9.80. The maximum atomic E-state index is 12.9. The van der Waals surface area contributed by atoms with E-state index in [1.165, 1.54) is 36.5 Å². The Morgan fingerprint density at radius 1 is 1.23 bits per heavy atom. The summed E-state index contributed by atoms with van der Waals surface area (Å²) in [5.41, 5.74) is 3.34. The summed E-state index contributed by atoms with van der Waals surface area (Å²) >= 11 is 1.08. The van der Waals surface area contributed by atoms with Crippen molar-refractivity contribution in [1.29, 1.82) is 4.78 Å². The standard InChI is InChI=1S/C22H29N3O3S2/c1-22(2,27)18-11-12-19(29-18)30(23,28)25-21(26)24-20-16(13-14-5-3-6-14)10-9-15-7-4-8-17(15)20/h9-12,14,27H,3-8,13H2,1-2H3,(H3,23,24,25,26,28)/t30-/m1/s1. The maximum Gasteiger partial charge on any atom is 0.331 e. The number of urea groups is 1. The summed E-state index contributed by atoms with van der Waals surface area (Å²) in [6.07, 6.45) is 7.68. The van der Waals surface area contributed by atoms with Crippen molar-refractivity contribution in [3.05, 3.63) is 45.8 Å². The van der Waals surface area contributed by atoms with Gasteiger partial charge in [0, 0.05) is 10.6 Å². The van der Waals surface area contributed by atoms with Crippen LogP contribution in [0.2, 0.25) is 0 Å². The van der Waals surface area contributed by atoms with Crippen molar-refractivity contribution >= 4 is 33.0 Å². The summed E-state index contributed by atoms with van der Waals surface area (Å²) in [7, 11) is -3.52. The third-order valence-electron chi connectivity index (χ3n) is 6.05. The molecule has 4 rings (SSSR count). The quantitative estimate of drug-likeness (QED) is 0.504. The molecule has 1 fully saturated rings. The molecule has 2 aromatic rings. The van der Waals surface area contributed by atoms with Crippen molar-refractivity contribution in [1.82, 2.24) is 4.72 Å². The molecule has 6 nitrogen and oxygen atoms in total. The Bertz CT molecular complexity index is 1060. The van der Waals surface area contributed by atoms with Crippen LogP contribution in [0.3, 0.4) is 0 Å². The lowest BCUT2D eigenvalue weighted by Crippen LogP contribution is -2.34. The average molecular weight is 448 g/mol. The highest BCUT2D eigenvalue weighted by Crippen LogP contribution is 2.37. The van der Waals surface area contributed by atoms with Crippen molar-refractivity contribution in [2.24, 2.45) is 5.92 Å². The summed E-state index contributed by atoms with van der Waals surface area (Å²) in [5.74, 6) is 0.667. The Labute approximate surface area is 182 Å². The molecule has 0 unspecified atom stereocenters. The molecule has 162 valence electrons. The Balaban J connectivity index is 1.53. The van der Waals surface area contributed by atoms with E-state index in [1.54, 1.807) is 19.9 Å². The van der Waals surface area contributed by atoms with Crippen molar-refractivity contribution in [2.75, 3.05) is 5.32 Å². The number of carbonyl (C=O) groups excluding carboxylic acids is 1. The SMILES string of the molecule is CC(C)(O)c1ccc([S@](=N)(=O)NC(=O)Nc2c(CC3CCC3)ccc3c2CCC3)s1. The molecule has 4 N–H and O–H groups in total. The second kappa shape index (κ2) is 7.98. The largest absolute Gasteiger partial charge is 0.385 e. The van der Waals surface area contributed by atoms with E-state index < -0.39 is 21.5 Å². The van der Waals surface area contributed by atoms with Gasteiger partial charge in [0.05, 0.1) is 5.60 Å². The summed E-state index contributed by atoms with van der Waals surface area (Å²) in [6, 6.07) is 6.86. The Morgan fingerprint density at radius 3 is 2.63 bits per heavy atom. The first-order valence-corrected chi connectivity index (χ1v) is 12.8. The van der Waals surface area contributed by atoms with Crippen LogP contribution in [0.1, 0.15) is 61.1 Å². The van der Waals surface area contributed by atoms with Crippen LogP contribution in [0.4, 0.5) is 10.5 Å². The van der Waals surface area contributed by atoms with Gasteiger partial charge < -0.3 is 10.4 Å². The molecule has 2 aliphatic carbocycles. The van der Waals surface area contributed by atoms with Crippen LogP contribution in [-0.4, -0.2) is 15.3 Å². The van der Waals surface area contributed by atoms with Gasteiger partial charge in [-0.15, -0.1) is 11.3 Å². The molecule has 30 heavy (non-hydrogen) atoms. The summed E-state index contributed by atoms with van der Waals surface area (Å²) in [6.45, 7) is 3.27. The normalized spacial score (nSPS) is 18.4. The van der Waals surface area contributed by atoms with Crippen LogP contribution >= 0.6 is 11.3 Å². The zero-order chi connectivity index (χ0) is 21.5. The number of anilines is 1. The molecule has 0 spiro atoms. The van der Waals surface area contributed by atoms with Gasteiger partial charge in [0.15, 0.2) is 9.92 Å². The van der Waals surface area contributed by atoms with Gasteiger partial charge in [0.1, 0.15) is 4.21 Å². The van der Waals surface area contributed by atoms with E-state index in [-0.39, 0.29) is 4.21 Å². The number of aryl methyl sites for hydroxylation is 1. The van der Waals surface area contributed by atoms with Gasteiger partial charge >= 0.3 is 6.03 Å². The van der Waals surface area contributed by atoms with Crippen molar-refractivity contribution in [3.8, 4) is 0 Å². The zero-order valence-corrected chi connectivity index (χ0v) is 19.0. The molecule has 2 aliphatic rings. The highest BCUT2D eigenvalue weighted by molar-refractivity contribution is 7.93. The Morgan fingerprint density at radius 2 is 2.00 bits per heavy atom. The predicted molar refractivity (Wildman–Crippen MR) is 120 cm³/mol. The molecule has 1 aromatic carbocycles. The van der Waals surface area contributed by atoms with Crippen LogP contribution in [0.15, 0.2) is 28.5 Å². The van der Waals surface area contributed by atoms with Crippen LogP contribution < -0.4 is 10.0 Å². The van der Waals surface area contributed by atoms with Gasteiger partial charge in [-0.1, -0.05) is 31.4 Å². The molecule has 0 saturated heterocycles. The Hall–Kier alpha value is -1.90. The van der Waals surface area contributed by atoms with Gasteiger partial charge in [-0.05, 0) is 74.3 Å². The van der Waals surface area contributed by atoms with Crippen LogP contribution in [0.25, 0.3) is 0 Å². The van der Waals surface area contributed by atoms with E-state index in [9.17, 15) is 14.1 Å². The summed E-state index contributed by atoms with van der Waals surface area (Å²) in [4.78, 5) is 13.4. The fraction of sp³-hybridized carbons (Fsp3) is 0.500. The van der Waals surface area contributed by atoms with Crippen molar-refractivity contribution < 1.29 is 14.1 Å². The molecule has 2 amide bonds. The molecule has 0 bridgehead atoms. The van der Waals surface area contributed by atoms with Crippen LogP contribution in [0.5, 0.6) is 0 Å². The molecule has 8 heteroatoms. The van der Waals surface area contributed by atoms with E-state index in [1.807, 2.05) is 0 Å². The number of carbonyl (C=O) groups is 1. The molecule has 1 aromatic heterocycles. The molecular weight excluding hydrogens is 418 g/mol. The van der Waals surface area contributed by atoms with Gasteiger partial charge in [0.2, 0.25) is 0 Å². The molecule has 1 saturated carbocycles. The van der Waals surface area contributed by atoms with E-state index in [2.05, 4.69) is 22.2 Å². The number of aliphatic hydroxyl groups is 1. The lowest BCUT2D eigenvalue weighted by Gasteiger charge is -2.27. The van der Waals surface area contributed by atoms with Crippen LogP contribution in [0, 0.1) is 10.7 Å². The minimum absolute atomic E-state index is 0.225. The van der Waals surface area contributed by atoms with Gasteiger partial charge in [0.25, 0.3) is 0 Å². The van der Waals surface area contributed by atoms with Crippen molar-refractivity contribution in [2.45, 2.75) is 68.6 Å². The minimum Gasteiger partial charge on any atom is -0.385 e. The summed E-state index contributed by atoms with van der Waals surface area (Å²) in [5, 5.41) is 13.1. The highest BCUT2D eigenvalue weighted by atomic mass is 32.2. The topological polar surface area (TPSA) is 102 Å². The van der Waals surface area contributed by atoms with Crippen molar-refractivity contribution in [3.63, 3.8) is 0 Å². The maximum absolute atomic E-state index is 12.9. The van der Waals surface area contributed by atoms with Gasteiger partial charge in [-0.2, -0.15) is 0 Å².